The van der Waals surface area contributed by atoms with Crippen molar-refractivity contribution in [2.75, 3.05) is 18.5 Å². The number of nitrogens with one attached hydrogen (secondary N) is 1. The molecular formula is C11H21N3OS. The zero-order chi connectivity index (χ0) is 11.8. The van der Waals surface area contributed by atoms with E-state index in [0.717, 1.165) is 23.8 Å². The predicted molar refractivity (Wildman–Crippen MR) is 67.8 cm³/mol. The minimum atomic E-state index is 0.562. The second-order valence-corrected chi connectivity index (χ2v) is 4.74. The molecule has 1 N–H and O–H groups in total. The van der Waals surface area contributed by atoms with Crippen molar-refractivity contribution in [3.05, 3.63) is 5.69 Å². The summed E-state index contributed by atoms with van der Waals surface area (Å²) in [6.45, 7) is 8.73. The van der Waals surface area contributed by atoms with E-state index in [4.69, 9.17) is 4.74 Å². The standard InChI is InChI=1S/C11H21N3OS/c1-4-6-9(3)7-15-8-10-11(12-5-2)16-14-13-10/h9,12H,4-8H2,1-3H3. The number of nitrogens with zero attached hydrogens (tertiary/aromatic N) is 2. The number of rotatable bonds is 8. The molecule has 1 unspecified atom stereocenters. The van der Waals surface area contributed by atoms with Gasteiger partial charge in [-0.2, -0.15) is 0 Å². The first-order valence-electron chi connectivity index (χ1n) is 5.90. The third-order valence-corrected chi connectivity index (χ3v) is 3.04. The summed E-state index contributed by atoms with van der Waals surface area (Å²) in [5, 5.41) is 8.32. The van der Waals surface area contributed by atoms with Crippen LogP contribution < -0.4 is 5.32 Å². The molecule has 0 saturated heterocycles. The Labute approximate surface area is 102 Å². The highest BCUT2D eigenvalue weighted by molar-refractivity contribution is 7.10. The van der Waals surface area contributed by atoms with E-state index in [1.54, 1.807) is 0 Å². The largest absolute Gasteiger partial charge is 0.375 e. The molecule has 0 aliphatic heterocycles. The number of hydrogen-bond acceptors (Lipinski definition) is 5. The summed E-state index contributed by atoms with van der Waals surface area (Å²) in [6, 6.07) is 0. The second kappa shape index (κ2) is 7.57. The van der Waals surface area contributed by atoms with Crippen LogP contribution in [0.25, 0.3) is 0 Å². The number of hydrogen-bond donors (Lipinski definition) is 1. The molecule has 1 atom stereocenters. The molecule has 0 aromatic carbocycles. The van der Waals surface area contributed by atoms with E-state index in [-0.39, 0.29) is 0 Å². The highest BCUT2D eigenvalue weighted by atomic mass is 32.1. The molecule has 1 aromatic rings. The van der Waals surface area contributed by atoms with E-state index < -0.39 is 0 Å². The molecule has 1 heterocycles. The van der Waals surface area contributed by atoms with Crippen LogP contribution in [-0.4, -0.2) is 22.7 Å². The molecule has 92 valence electrons. The summed E-state index contributed by atoms with van der Waals surface area (Å²) < 4.78 is 9.57. The van der Waals surface area contributed by atoms with Gasteiger partial charge in [0, 0.05) is 24.7 Å². The Kier molecular flexibility index (Phi) is 6.33. The molecule has 5 heteroatoms. The molecule has 0 bridgehead atoms. The molecule has 0 spiro atoms. The van der Waals surface area contributed by atoms with Gasteiger partial charge in [0.2, 0.25) is 0 Å². The molecule has 1 aromatic heterocycles. The predicted octanol–water partition coefficient (Wildman–Crippen LogP) is 2.92. The Morgan fingerprint density at radius 1 is 1.44 bits per heavy atom. The van der Waals surface area contributed by atoms with Crippen molar-refractivity contribution in [1.29, 1.82) is 0 Å². The lowest BCUT2D eigenvalue weighted by atomic mass is 10.1. The van der Waals surface area contributed by atoms with Crippen LogP contribution in [0.2, 0.25) is 0 Å². The van der Waals surface area contributed by atoms with Gasteiger partial charge in [0.05, 0.1) is 6.61 Å². The van der Waals surface area contributed by atoms with Gasteiger partial charge < -0.3 is 10.1 Å². The Morgan fingerprint density at radius 2 is 2.25 bits per heavy atom. The van der Waals surface area contributed by atoms with Crippen LogP contribution in [0.15, 0.2) is 0 Å². The third kappa shape index (κ3) is 4.45. The Hall–Kier alpha value is -0.680. The fraction of sp³-hybridized carbons (Fsp3) is 0.818. The summed E-state index contributed by atoms with van der Waals surface area (Å²) in [5.74, 6) is 0.624. The van der Waals surface area contributed by atoms with Gasteiger partial charge in [0.1, 0.15) is 10.7 Å². The van der Waals surface area contributed by atoms with Crippen LogP contribution in [0.4, 0.5) is 5.00 Å². The summed E-state index contributed by atoms with van der Waals surface area (Å²) in [5.41, 5.74) is 0.926. The molecule has 0 saturated carbocycles. The molecule has 16 heavy (non-hydrogen) atoms. The Morgan fingerprint density at radius 3 is 2.94 bits per heavy atom. The molecule has 0 aliphatic carbocycles. The number of ether oxygens (including phenoxy) is 1. The van der Waals surface area contributed by atoms with Crippen molar-refractivity contribution in [2.24, 2.45) is 5.92 Å². The maximum Gasteiger partial charge on any atom is 0.135 e. The van der Waals surface area contributed by atoms with E-state index in [1.165, 1.54) is 24.4 Å². The first-order valence-corrected chi connectivity index (χ1v) is 6.68. The summed E-state index contributed by atoms with van der Waals surface area (Å²) in [6.07, 6.45) is 2.43. The second-order valence-electron chi connectivity index (χ2n) is 3.99. The average molecular weight is 243 g/mol. The molecule has 0 radical (unpaired) electrons. The number of aromatic nitrogens is 2. The van der Waals surface area contributed by atoms with Crippen LogP contribution in [0.1, 0.15) is 39.3 Å². The first-order chi connectivity index (χ1) is 7.77. The lowest BCUT2D eigenvalue weighted by Gasteiger charge is -2.10. The van der Waals surface area contributed by atoms with E-state index in [1.807, 2.05) is 0 Å². The first kappa shape index (κ1) is 13.4. The van der Waals surface area contributed by atoms with Gasteiger partial charge in [0.25, 0.3) is 0 Å². The quantitative estimate of drug-likeness (QED) is 0.762. The fourth-order valence-corrected chi connectivity index (χ4v) is 2.17. The lowest BCUT2D eigenvalue weighted by Crippen LogP contribution is -2.07. The van der Waals surface area contributed by atoms with Gasteiger partial charge in [0.15, 0.2) is 0 Å². The average Bonchev–Trinajstić information content (AvgIpc) is 2.67. The van der Waals surface area contributed by atoms with Crippen LogP contribution in [-0.2, 0) is 11.3 Å². The molecule has 1 rings (SSSR count). The van der Waals surface area contributed by atoms with Crippen LogP contribution >= 0.6 is 11.5 Å². The normalized spacial score (nSPS) is 12.7. The summed E-state index contributed by atoms with van der Waals surface area (Å²) in [4.78, 5) is 0. The highest BCUT2D eigenvalue weighted by Crippen LogP contribution is 2.18. The van der Waals surface area contributed by atoms with Crippen molar-refractivity contribution in [1.82, 2.24) is 9.59 Å². The van der Waals surface area contributed by atoms with Gasteiger partial charge >= 0.3 is 0 Å². The van der Waals surface area contributed by atoms with Crippen molar-refractivity contribution in [3.63, 3.8) is 0 Å². The minimum Gasteiger partial charge on any atom is -0.375 e. The van der Waals surface area contributed by atoms with Crippen molar-refractivity contribution in [3.8, 4) is 0 Å². The van der Waals surface area contributed by atoms with Gasteiger partial charge in [-0.1, -0.05) is 24.8 Å². The third-order valence-electron chi connectivity index (χ3n) is 2.32. The smallest absolute Gasteiger partial charge is 0.135 e. The van der Waals surface area contributed by atoms with E-state index in [2.05, 4.69) is 35.7 Å². The van der Waals surface area contributed by atoms with Crippen LogP contribution in [0, 0.1) is 5.92 Å². The van der Waals surface area contributed by atoms with Gasteiger partial charge in [-0.05, 0) is 19.3 Å². The minimum absolute atomic E-state index is 0.562. The zero-order valence-electron chi connectivity index (χ0n) is 10.3. The van der Waals surface area contributed by atoms with Gasteiger partial charge in [-0.3, -0.25) is 0 Å². The monoisotopic (exact) mass is 243 g/mol. The molecule has 4 nitrogen and oxygen atoms in total. The van der Waals surface area contributed by atoms with Crippen molar-refractivity contribution in [2.45, 2.75) is 40.2 Å². The Bertz CT molecular complexity index is 291. The SMILES string of the molecule is CCCC(C)COCc1nnsc1NCC. The van der Waals surface area contributed by atoms with Gasteiger partial charge in [-0.15, -0.1) is 5.10 Å². The van der Waals surface area contributed by atoms with Crippen LogP contribution in [0.3, 0.4) is 0 Å². The maximum atomic E-state index is 5.64. The van der Waals surface area contributed by atoms with E-state index in [9.17, 15) is 0 Å². The van der Waals surface area contributed by atoms with E-state index in [0.29, 0.717) is 12.5 Å². The van der Waals surface area contributed by atoms with Crippen LogP contribution in [0.5, 0.6) is 0 Å². The Balaban J connectivity index is 2.28. The zero-order valence-corrected chi connectivity index (χ0v) is 11.1. The van der Waals surface area contributed by atoms with Crippen molar-refractivity contribution >= 4 is 16.5 Å². The molecule has 0 fully saturated rings. The van der Waals surface area contributed by atoms with Gasteiger partial charge in [-0.25, -0.2) is 0 Å². The fourth-order valence-electron chi connectivity index (χ4n) is 1.53. The van der Waals surface area contributed by atoms with E-state index >= 15 is 0 Å². The highest BCUT2D eigenvalue weighted by Gasteiger charge is 2.08. The number of anilines is 1. The molecule has 0 amide bonds. The summed E-state index contributed by atoms with van der Waals surface area (Å²) in [7, 11) is 0. The topological polar surface area (TPSA) is 47.0 Å². The molecule has 0 aliphatic rings. The maximum absolute atomic E-state index is 5.64. The summed E-state index contributed by atoms with van der Waals surface area (Å²) >= 11 is 1.39. The lowest BCUT2D eigenvalue weighted by molar-refractivity contribution is 0.0875. The molecular weight excluding hydrogens is 222 g/mol. The van der Waals surface area contributed by atoms with Crippen molar-refractivity contribution < 1.29 is 4.74 Å².